The van der Waals surface area contributed by atoms with Crippen molar-refractivity contribution in [3.05, 3.63) is 94.6 Å². The average molecular weight is 553 g/mol. The summed E-state index contributed by atoms with van der Waals surface area (Å²) in [5.41, 5.74) is -1.58. The van der Waals surface area contributed by atoms with E-state index in [9.17, 15) is 13.2 Å². The molecule has 1 fully saturated rings. The Morgan fingerprint density at radius 1 is 0.676 bits per heavy atom. The van der Waals surface area contributed by atoms with E-state index in [0.29, 0.717) is 11.5 Å². The van der Waals surface area contributed by atoms with Crippen molar-refractivity contribution in [1.29, 1.82) is 0 Å². The van der Waals surface area contributed by atoms with Crippen molar-refractivity contribution in [3.8, 4) is 22.3 Å². The Kier molecular flexibility index (Phi) is 9.01. The fourth-order valence-corrected chi connectivity index (χ4v) is 7.20. The van der Waals surface area contributed by atoms with E-state index in [4.69, 9.17) is 0 Å². The molecular formula is C29H26F6S2. The van der Waals surface area contributed by atoms with Crippen molar-refractivity contribution < 1.29 is 26.3 Å². The number of unbranched alkanes of at least 4 members (excludes halogenated alkanes) is 1. The van der Waals surface area contributed by atoms with Crippen LogP contribution in [0.5, 0.6) is 0 Å². The van der Waals surface area contributed by atoms with Gasteiger partial charge in [0, 0.05) is 39.7 Å². The molecule has 0 amide bonds. The lowest BCUT2D eigenvalue weighted by Gasteiger charge is -2.27. The fourth-order valence-electron chi connectivity index (χ4n) is 4.31. The van der Waals surface area contributed by atoms with E-state index in [1.54, 1.807) is 30.4 Å². The molecule has 0 unspecified atom stereocenters. The third-order valence-corrected chi connectivity index (χ3v) is 9.41. The first-order valence-electron chi connectivity index (χ1n) is 12.1. The zero-order valence-corrected chi connectivity index (χ0v) is 22.0. The predicted octanol–water partition coefficient (Wildman–Crippen LogP) is 9.66. The average Bonchev–Trinajstić information content (AvgIpc) is 2.90. The molecule has 0 radical (unpaired) electrons. The van der Waals surface area contributed by atoms with Gasteiger partial charge < -0.3 is 0 Å². The molecule has 1 aliphatic heterocycles. The third kappa shape index (κ3) is 5.60. The van der Waals surface area contributed by atoms with Crippen LogP contribution in [0.25, 0.3) is 22.3 Å². The van der Waals surface area contributed by atoms with Gasteiger partial charge in [-0.3, -0.25) is 0 Å². The van der Waals surface area contributed by atoms with Crippen LogP contribution in [0.15, 0.2) is 48.6 Å². The van der Waals surface area contributed by atoms with Crippen LogP contribution in [0.2, 0.25) is 0 Å². The van der Waals surface area contributed by atoms with Crippen LogP contribution in [-0.4, -0.2) is 16.1 Å². The van der Waals surface area contributed by atoms with Gasteiger partial charge in [-0.15, -0.1) is 23.5 Å². The lowest BCUT2D eigenvalue weighted by Crippen LogP contribution is -2.17. The molecule has 196 valence electrons. The Morgan fingerprint density at radius 3 is 1.70 bits per heavy atom. The van der Waals surface area contributed by atoms with Gasteiger partial charge in [-0.2, -0.15) is 0 Å². The summed E-state index contributed by atoms with van der Waals surface area (Å²) in [6.07, 6.45) is 6.55. The van der Waals surface area contributed by atoms with Crippen molar-refractivity contribution in [2.75, 3.05) is 11.5 Å². The molecule has 0 aliphatic carbocycles. The van der Waals surface area contributed by atoms with Gasteiger partial charge in [0.25, 0.3) is 0 Å². The van der Waals surface area contributed by atoms with Gasteiger partial charge in [-0.1, -0.05) is 68.8 Å². The van der Waals surface area contributed by atoms with Crippen molar-refractivity contribution in [2.24, 2.45) is 0 Å². The van der Waals surface area contributed by atoms with Gasteiger partial charge in [-0.05, 0) is 24.0 Å². The van der Waals surface area contributed by atoms with E-state index in [2.05, 4.69) is 19.1 Å². The van der Waals surface area contributed by atoms with Gasteiger partial charge in [0.1, 0.15) is 0 Å². The smallest absolute Gasteiger partial charge is 0.167 e. The molecular weight excluding hydrogens is 526 g/mol. The summed E-state index contributed by atoms with van der Waals surface area (Å²) in [5.74, 6) is -6.71. The molecule has 0 bridgehead atoms. The van der Waals surface area contributed by atoms with E-state index >= 15 is 13.2 Å². The lowest BCUT2D eigenvalue weighted by atomic mass is 9.94. The van der Waals surface area contributed by atoms with Crippen LogP contribution in [-0.2, 0) is 6.42 Å². The van der Waals surface area contributed by atoms with Crippen molar-refractivity contribution >= 4 is 23.5 Å². The number of aryl methyl sites for hydroxylation is 1. The maximum absolute atomic E-state index is 15.1. The zero-order chi connectivity index (χ0) is 26.7. The zero-order valence-electron chi connectivity index (χ0n) is 20.4. The molecule has 0 atom stereocenters. The molecule has 0 N–H and O–H groups in total. The molecule has 4 rings (SSSR count). The van der Waals surface area contributed by atoms with Crippen LogP contribution in [0.4, 0.5) is 26.3 Å². The highest BCUT2D eigenvalue weighted by Gasteiger charge is 2.28. The topological polar surface area (TPSA) is 0 Å². The molecule has 1 heterocycles. The maximum Gasteiger partial charge on any atom is 0.167 e. The number of hydrogen-bond acceptors (Lipinski definition) is 2. The van der Waals surface area contributed by atoms with Crippen molar-refractivity contribution in [2.45, 2.75) is 43.6 Å². The summed E-state index contributed by atoms with van der Waals surface area (Å²) in [6, 6.07) is 7.23. The number of benzene rings is 3. The minimum absolute atomic E-state index is 0.106. The van der Waals surface area contributed by atoms with Gasteiger partial charge in [0.05, 0.1) is 4.58 Å². The minimum atomic E-state index is -1.47. The first-order chi connectivity index (χ1) is 17.8. The summed E-state index contributed by atoms with van der Waals surface area (Å²) in [6.45, 7) is 3.74. The Hall–Kier alpha value is -2.32. The number of allylic oxidation sites excluding steroid dienone is 1. The second-order valence-electron chi connectivity index (χ2n) is 8.82. The third-order valence-electron chi connectivity index (χ3n) is 6.43. The highest BCUT2D eigenvalue weighted by molar-refractivity contribution is 8.17. The van der Waals surface area contributed by atoms with Gasteiger partial charge >= 0.3 is 0 Å². The molecule has 8 heteroatoms. The van der Waals surface area contributed by atoms with Crippen LogP contribution in [0, 0.1) is 34.9 Å². The SMILES string of the molecule is CCCC=CC1SCC(c2ccc(-c3ccc(-c4ccc(CC)c(F)c4F)c(F)c3F)c(F)c2F)CS1. The van der Waals surface area contributed by atoms with E-state index in [1.165, 1.54) is 24.3 Å². The first kappa shape index (κ1) is 27.7. The Bertz CT molecular complexity index is 1310. The molecule has 3 aromatic carbocycles. The summed E-state index contributed by atoms with van der Waals surface area (Å²) in [7, 11) is 0. The Balaban J connectivity index is 1.61. The molecule has 37 heavy (non-hydrogen) atoms. The Labute approximate surface area is 221 Å². The normalized spacial score (nSPS) is 18.1. The number of hydrogen-bond donors (Lipinski definition) is 0. The number of rotatable bonds is 7. The molecule has 0 saturated carbocycles. The molecule has 0 spiro atoms. The Morgan fingerprint density at radius 2 is 1.16 bits per heavy atom. The second kappa shape index (κ2) is 12.0. The lowest BCUT2D eigenvalue weighted by molar-refractivity contribution is 0.491. The van der Waals surface area contributed by atoms with E-state index < -0.39 is 57.2 Å². The highest BCUT2D eigenvalue weighted by Crippen LogP contribution is 2.42. The highest BCUT2D eigenvalue weighted by atomic mass is 32.2. The molecule has 0 nitrogen and oxygen atoms in total. The predicted molar refractivity (Wildman–Crippen MR) is 142 cm³/mol. The van der Waals surface area contributed by atoms with Crippen LogP contribution < -0.4 is 0 Å². The molecule has 1 saturated heterocycles. The van der Waals surface area contributed by atoms with Crippen LogP contribution in [0.3, 0.4) is 0 Å². The van der Waals surface area contributed by atoms with Crippen molar-refractivity contribution in [3.63, 3.8) is 0 Å². The van der Waals surface area contributed by atoms with Gasteiger partial charge in [0.15, 0.2) is 34.9 Å². The largest absolute Gasteiger partial charge is 0.203 e. The van der Waals surface area contributed by atoms with Gasteiger partial charge in [0.2, 0.25) is 0 Å². The van der Waals surface area contributed by atoms with Crippen LogP contribution >= 0.6 is 23.5 Å². The summed E-state index contributed by atoms with van der Waals surface area (Å²) >= 11 is 3.32. The monoisotopic (exact) mass is 552 g/mol. The molecule has 3 aromatic rings. The first-order valence-corrected chi connectivity index (χ1v) is 14.2. The fraction of sp³-hybridized carbons (Fsp3) is 0.310. The minimum Gasteiger partial charge on any atom is -0.203 e. The van der Waals surface area contributed by atoms with E-state index in [0.717, 1.165) is 25.0 Å². The van der Waals surface area contributed by atoms with Crippen molar-refractivity contribution in [1.82, 2.24) is 0 Å². The van der Waals surface area contributed by atoms with E-state index in [1.807, 2.05) is 0 Å². The van der Waals surface area contributed by atoms with Crippen LogP contribution in [0.1, 0.15) is 43.7 Å². The molecule has 0 aromatic heterocycles. The number of thioether (sulfide) groups is 2. The summed E-state index contributed by atoms with van der Waals surface area (Å²) in [4.78, 5) is 0. The number of halogens is 6. The van der Waals surface area contributed by atoms with E-state index in [-0.39, 0.29) is 28.0 Å². The standard InChI is InChI=1S/C29H26F6S2/c1-3-5-6-7-23-36-14-17(15-37-23)18-10-11-20(27(33)25(18)31)22-13-12-21(28(34)29(22)35)19-9-8-16(4-2)24(30)26(19)32/h6-13,17,23H,3-5,14-15H2,1-2H3. The second-order valence-corrected chi connectivity index (χ2v) is 11.5. The van der Waals surface area contributed by atoms with Gasteiger partial charge in [-0.25, -0.2) is 26.3 Å². The maximum atomic E-state index is 15.1. The summed E-state index contributed by atoms with van der Waals surface area (Å²) in [5, 5.41) is 0. The summed E-state index contributed by atoms with van der Waals surface area (Å²) < 4.78 is 89.3. The quantitative estimate of drug-likeness (QED) is 0.211. The molecule has 1 aliphatic rings.